The third-order valence-corrected chi connectivity index (χ3v) is 4.33. The molecule has 0 aromatic heterocycles. The number of nitriles is 1. The summed E-state index contributed by atoms with van der Waals surface area (Å²) in [5, 5.41) is 13.1. The maximum atomic E-state index is 12.6. The van der Waals surface area contributed by atoms with E-state index < -0.39 is 0 Å². The van der Waals surface area contributed by atoms with Gasteiger partial charge in [-0.3, -0.25) is 4.79 Å². The minimum absolute atomic E-state index is 0.170. The van der Waals surface area contributed by atoms with Gasteiger partial charge in [-0.1, -0.05) is 50.4 Å². The van der Waals surface area contributed by atoms with Gasteiger partial charge in [0.1, 0.15) is 11.6 Å². The summed E-state index contributed by atoms with van der Waals surface area (Å²) in [5.74, 6) is -0.276. The molecule has 24 heavy (non-hydrogen) atoms. The van der Waals surface area contributed by atoms with E-state index in [1.807, 2.05) is 19.1 Å². The molecule has 3 nitrogen and oxygen atoms in total. The van der Waals surface area contributed by atoms with Gasteiger partial charge in [0.05, 0.1) is 6.04 Å². The van der Waals surface area contributed by atoms with E-state index in [1.165, 1.54) is 0 Å². The zero-order valence-corrected chi connectivity index (χ0v) is 15.6. The first kappa shape index (κ1) is 20.3. The fourth-order valence-corrected chi connectivity index (χ4v) is 2.68. The lowest BCUT2D eigenvalue weighted by Crippen LogP contribution is -2.28. The van der Waals surface area contributed by atoms with E-state index in [4.69, 9.17) is 11.6 Å². The Balaban J connectivity index is 2.90. The topological polar surface area (TPSA) is 52.9 Å². The molecule has 130 valence electrons. The smallest absolute Gasteiger partial charge is 0.262 e. The van der Waals surface area contributed by atoms with Crippen LogP contribution in [0.5, 0.6) is 0 Å². The van der Waals surface area contributed by atoms with Gasteiger partial charge >= 0.3 is 0 Å². The Hall–Kier alpha value is -1.79. The number of rotatable bonds is 9. The molecule has 1 N–H and O–H groups in total. The Morgan fingerprint density at radius 1 is 1.17 bits per heavy atom. The van der Waals surface area contributed by atoms with Gasteiger partial charge in [0.15, 0.2) is 0 Å². The average Bonchev–Trinajstić information content (AvgIpc) is 2.57. The molecule has 1 aromatic rings. The maximum absolute atomic E-state index is 12.6. The molecule has 0 saturated carbocycles. The van der Waals surface area contributed by atoms with E-state index >= 15 is 0 Å². The summed E-state index contributed by atoms with van der Waals surface area (Å²) in [6.07, 6.45) is 5.76. The second-order valence-corrected chi connectivity index (χ2v) is 6.48. The quantitative estimate of drug-likeness (QED) is 0.459. The third-order valence-electron chi connectivity index (χ3n) is 4.07. The first-order valence-electron chi connectivity index (χ1n) is 8.71. The van der Waals surface area contributed by atoms with Crippen molar-refractivity contribution in [3.05, 3.63) is 46.0 Å². The molecule has 0 aliphatic carbocycles. The molecule has 0 bridgehead atoms. The van der Waals surface area contributed by atoms with Gasteiger partial charge in [-0.25, -0.2) is 0 Å². The van der Waals surface area contributed by atoms with Crippen molar-refractivity contribution in [1.82, 2.24) is 5.32 Å². The van der Waals surface area contributed by atoms with Crippen LogP contribution in [-0.2, 0) is 4.79 Å². The number of carbonyl (C=O) groups is 1. The highest BCUT2D eigenvalue weighted by atomic mass is 35.5. The van der Waals surface area contributed by atoms with E-state index in [2.05, 4.69) is 25.2 Å². The second-order valence-electron chi connectivity index (χ2n) is 6.04. The molecular weight excluding hydrogens is 320 g/mol. The number of benzene rings is 1. The van der Waals surface area contributed by atoms with E-state index in [9.17, 15) is 10.1 Å². The summed E-state index contributed by atoms with van der Waals surface area (Å²) in [6, 6.07) is 9.34. The number of amides is 1. The van der Waals surface area contributed by atoms with Crippen molar-refractivity contribution in [3.63, 3.8) is 0 Å². The van der Waals surface area contributed by atoms with Crippen molar-refractivity contribution in [1.29, 1.82) is 5.26 Å². The van der Waals surface area contributed by atoms with Crippen LogP contribution in [0.3, 0.4) is 0 Å². The van der Waals surface area contributed by atoms with E-state index in [1.54, 1.807) is 12.1 Å². The van der Waals surface area contributed by atoms with Crippen molar-refractivity contribution in [3.8, 4) is 6.07 Å². The Bertz CT molecular complexity index is 589. The molecule has 1 atom stereocenters. The highest BCUT2D eigenvalue weighted by Crippen LogP contribution is 2.21. The number of hydrogen-bond donors (Lipinski definition) is 1. The second kappa shape index (κ2) is 10.9. The minimum atomic E-state index is -0.276. The third kappa shape index (κ3) is 6.37. The van der Waals surface area contributed by atoms with Crippen LogP contribution in [0.1, 0.15) is 70.9 Å². The summed E-state index contributed by atoms with van der Waals surface area (Å²) in [7, 11) is 0. The van der Waals surface area contributed by atoms with Crippen LogP contribution in [0, 0.1) is 11.3 Å². The predicted octanol–water partition coefficient (Wildman–Crippen LogP) is 5.72. The highest BCUT2D eigenvalue weighted by molar-refractivity contribution is 6.30. The normalized spacial score (nSPS) is 11.5. The van der Waals surface area contributed by atoms with Crippen molar-refractivity contribution >= 4 is 17.5 Å². The highest BCUT2D eigenvalue weighted by Gasteiger charge is 2.17. The van der Waals surface area contributed by atoms with Crippen LogP contribution in [0.15, 0.2) is 35.4 Å². The number of carbonyl (C=O) groups excluding carboxylic acids is 1. The number of nitrogens with one attached hydrogen (secondary N) is 1. The monoisotopic (exact) mass is 346 g/mol. The number of hydrogen-bond acceptors (Lipinski definition) is 2. The van der Waals surface area contributed by atoms with Gasteiger partial charge in [0, 0.05) is 5.02 Å². The molecule has 0 radical (unpaired) electrons. The van der Waals surface area contributed by atoms with Crippen molar-refractivity contribution in [2.45, 2.75) is 65.3 Å². The lowest BCUT2D eigenvalue weighted by molar-refractivity contribution is -0.117. The predicted molar refractivity (Wildman–Crippen MR) is 99.7 cm³/mol. The summed E-state index contributed by atoms with van der Waals surface area (Å²) >= 11 is 5.90. The van der Waals surface area contributed by atoms with Gasteiger partial charge in [0.25, 0.3) is 5.91 Å². The lowest BCUT2D eigenvalue weighted by Gasteiger charge is -2.16. The average molecular weight is 347 g/mol. The minimum Gasteiger partial charge on any atom is -0.345 e. The summed E-state index contributed by atoms with van der Waals surface area (Å²) in [6.45, 7) is 6.15. The molecule has 0 saturated heterocycles. The summed E-state index contributed by atoms with van der Waals surface area (Å²) < 4.78 is 0. The van der Waals surface area contributed by atoms with Crippen LogP contribution in [0.4, 0.5) is 0 Å². The van der Waals surface area contributed by atoms with Crippen LogP contribution < -0.4 is 5.32 Å². The largest absolute Gasteiger partial charge is 0.345 e. The van der Waals surface area contributed by atoms with E-state index in [-0.39, 0.29) is 17.5 Å². The molecule has 4 heteroatoms. The van der Waals surface area contributed by atoms with Gasteiger partial charge < -0.3 is 5.32 Å². The first-order chi connectivity index (χ1) is 11.5. The lowest BCUT2D eigenvalue weighted by atomic mass is 9.96. The molecule has 0 aliphatic rings. The summed E-state index contributed by atoms with van der Waals surface area (Å²) in [4.78, 5) is 12.6. The Kier molecular flexibility index (Phi) is 9.19. The summed E-state index contributed by atoms with van der Waals surface area (Å²) in [5.41, 5.74) is 2.24. The van der Waals surface area contributed by atoms with Gasteiger partial charge in [0.2, 0.25) is 0 Å². The van der Waals surface area contributed by atoms with Crippen LogP contribution in [0.25, 0.3) is 0 Å². The number of nitrogens with zero attached hydrogens (tertiary/aromatic N) is 1. The Morgan fingerprint density at radius 2 is 1.71 bits per heavy atom. The molecule has 1 aromatic carbocycles. The van der Waals surface area contributed by atoms with Gasteiger partial charge in [-0.05, 0) is 55.9 Å². The van der Waals surface area contributed by atoms with E-state index in [0.29, 0.717) is 5.02 Å². The van der Waals surface area contributed by atoms with Crippen LogP contribution in [0.2, 0.25) is 5.02 Å². The zero-order valence-electron chi connectivity index (χ0n) is 14.9. The van der Waals surface area contributed by atoms with Gasteiger partial charge in [-0.15, -0.1) is 0 Å². The fraction of sp³-hybridized carbons (Fsp3) is 0.500. The molecule has 1 rings (SSSR count). The van der Waals surface area contributed by atoms with Crippen LogP contribution in [-0.4, -0.2) is 5.91 Å². The molecule has 0 spiro atoms. The maximum Gasteiger partial charge on any atom is 0.262 e. The molecule has 0 aliphatic heterocycles. The standard InChI is InChI=1S/C20H27ClN2O/c1-4-6-8-17(9-7-5-2)19(14-22)20(24)23-15(3)16-10-12-18(21)13-11-16/h10-13,15H,4-9H2,1-3H3,(H,23,24). The first-order valence-corrected chi connectivity index (χ1v) is 9.09. The number of halogens is 1. The number of unbranched alkanes of at least 4 members (excludes halogenated alkanes) is 2. The molecule has 1 unspecified atom stereocenters. The molecule has 1 amide bonds. The molecule has 0 fully saturated rings. The SMILES string of the molecule is CCCCC(CCCC)=C(C#N)C(=O)NC(C)c1ccc(Cl)cc1. The van der Waals surface area contributed by atoms with Crippen LogP contribution >= 0.6 is 11.6 Å². The fourth-order valence-electron chi connectivity index (χ4n) is 2.55. The number of allylic oxidation sites excluding steroid dienone is 1. The van der Waals surface area contributed by atoms with Crippen molar-refractivity contribution in [2.75, 3.05) is 0 Å². The van der Waals surface area contributed by atoms with E-state index in [0.717, 1.165) is 49.7 Å². The molecular formula is C20H27ClN2O. The van der Waals surface area contributed by atoms with Crippen molar-refractivity contribution in [2.24, 2.45) is 0 Å². The van der Waals surface area contributed by atoms with Gasteiger partial charge in [-0.2, -0.15) is 5.26 Å². The van der Waals surface area contributed by atoms with Crippen molar-refractivity contribution < 1.29 is 4.79 Å². The Morgan fingerprint density at radius 3 is 2.17 bits per heavy atom. The zero-order chi connectivity index (χ0) is 17.9. The Labute approximate surface area is 150 Å². The molecule has 0 heterocycles.